The minimum atomic E-state index is 0.649. The van der Waals surface area contributed by atoms with Gasteiger partial charge in [0.05, 0.1) is 34.9 Å². The van der Waals surface area contributed by atoms with Gasteiger partial charge in [-0.25, -0.2) is 9.97 Å². The number of hydrogen-bond acceptors (Lipinski definition) is 5. The topological polar surface area (TPSA) is 52.8 Å². The van der Waals surface area contributed by atoms with Gasteiger partial charge in [-0.2, -0.15) is 5.26 Å². The second-order valence-electron chi connectivity index (χ2n) is 4.49. The minimum absolute atomic E-state index is 0.649. The van der Waals surface area contributed by atoms with Crippen molar-refractivity contribution in [3.8, 4) is 6.07 Å². The predicted molar refractivity (Wildman–Crippen MR) is 80.7 cm³/mol. The molecule has 2 aromatic heterocycles. The number of fused-ring (bicyclic) bond motifs is 1. The van der Waals surface area contributed by atoms with Crippen LogP contribution < -0.4 is 4.90 Å². The van der Waals surface area contributed by atoms with Crippen LogP contribution in [-0.4, -0.2) is 17.0 Å². The standard InChI is InChI=1S/C15H12N4S/c1-19(8-12-9-20-10-17-12)15-6-11(7-16)13-4-2-3-5-14(13)18-15/h2-6,9-10H,8H2,1H3. The Hall–Kier alpha value is -2.45. The molecular formula is C15H12N4S. The Morgan fingerprint density at radius 2 is 2.20 bits per heavy atom. The maximum Gasteiger partial charge on any atom is 0.130 e. The molecule has 0 amide bonds. The smallest absolute Gasteiger partial charge is 0.130 e. The lowest BCUT2D eigenvalue weighted by atomic mass is 10.1. The average molecular weight is 280 g/mol. The number of hydrogen-bond donors (Lipinski definition) is 0. The summed E-state index contributed by atoms with van der Waals surface area (Å²) in [6, 6.07) is 11.8. The fourth-order valence-electron chi connectivity index (χ4n) is 2.09. The van der Waals surface area contributed by atoms with Gasteiger partial charge < -0.3 is 4.90 Å². The fraction of sp³-hybridized carbons (Fsp3) is 0.133. The van der Waals surface area contributed by atoms with E-state index in [2.05, 4.69) is 16.0 Å². The highest BCUT2D eigenvalue weighted by Gasteiger charge is 2.09. The monoisotopic (exact) mass is 280 g/mol. The summed E-state index contributed by atoms with van der Waals surface area (Å²) >= 11 is 1.58. The summed E-state index contributed by atoms with van der Waals surface area (Å²) in [6.45, 7) is 0.680. The van der Waals surface area contributed by atoms with Gasteiger partial charge in [-0.3, -0.25) is 0 Å². The molecule has 0 aliphatic carbocycles. The van der Waals surface area contributed by atoms with E-state index in [9.17, 15) is 5.26 Å². The Labute approximate surface area is 120 Å². The van der Waals surface area contributed by atoms with Crippen LogP contribution in [-0.2, 0) is 6.54 Å². The highest BCUT2D eigenvalue weighted by atomic mass is 32.1. The van der Waals surface area contributed by atoms with Crippen LogP contribution in [0.25, 0.3) is 10.9 Å². The third-order valence-corrected chi connectivity index (χ3v) is 3.73. The number of anilines is 1. The van der Waals surface area contributed by atoms with Crippen molar-refractivity contribution < 1.29 is 0 Å². The summed E-state index contributed by atoms with van der Waals surface area (Å²) in [5.74, 6) is 0.785. The number of nitrogens with zero attached hydrogens (tertiary/aromatic N) is 4. The van der Waals surface area contributed by atoms with Crippen molar-refractivity contribution in [3.63, 3.8) is 0 Å². The second kappa shape index (κ2) is 5.27. The number of aromatic nitrogens is 2. The first-order valence-electron chi connectivity index (χ1n) is 6.16. The molecule has 0 aliphatic heterocycles. The van der Waals surface area contributed by atoms with Gasteiger partial charge in [0.25, 0.3) is 0 Å². The molecule has 1 aromatic carbocycles. The first-order valence-corrected chi connectivity index (χ1v) is 7.10. The van der Waals surface area contributed by atoms with Crippen molar-refractivity contribution in [2.24, 2.45) is 0 Å². The molecule has 0 fully saturated rings. The van der Waals surface area contributed by atoms with Gasteiger partial charge in [-0.15, -0.1) is 11.3 Å². The zero-order chi connectivity index (χ0) is 13.9. The molecule has 0 bridgehead atoms. The Morgan fingerprint density at radius 3 is 2.95 bits per heavy atom. The molecule has 2 heterocycles. The molecule has 0 N–H and O–H groups in total. The summed E-state index contributed by atoms with van der Waals surface area (Å²) in [4.78, 5) is 10.9. The quantitative estimate of drug-likeness (QED) is 0.739. The van der Waals surface area contributed by atoms with Gasteiger partial charge in [0.1, 0.15) is 5.82 Å². The highest BCUT2D eigenvalue weighted by Crippen LogP contribution is 2.22. The number of para-hydroxylation sites is 1. The van der Waals surface area contributed by atoms with E-state index in [1.165, 1.54) is 0 Å². The van der Waals surface area contributed by atoms with Gasteiger partial charge in [0.2, 0.25) is 0 Å². The Kier molecular flexibility index (Phi) is 3.32. The normalized spacial score (nSPS) is 10.4. The first-order chi connectivity index (χ1) is 9.78. The number of nitriles is 1. The molecule has 4 nitrogen and oxygen atoms in total. The number of rotatable bonds is 3. The summed E-state index contributed by atoms with van der Waals surface area (Å²) in [7, 11) is 1.96. The van der Waals surface area contributed by atoms with Crippen molar-refractivity contribution in [1.29, 1.82) is 5.26 Å². The van der Waals surface area contributed by atoms with Gasteiger partial charge >= 0.3 is 0 Å². The van der Waals surface area contributed by atoms with E-state index in [0.717, 1.165) is 22.4 Å². The summed E-state index contributed by atoms with van der Waals surface area (Å²) in [5.41, 5.74) is 4.31. The van der Waals surface area contributed by atoms with Crippen molar-refractivity contribution in [2.45, 2.75) is 6.54 Å². The van der Waals surface area contributed by atoms with E-state index in [1.807, 2.05) is 53.2 Å². The first kappa shape index (κ1) is 12.6. The zero-order valence-electron chi connectivity index (χ0n) is 10.9. The van der Waals surface area contributed by atoms with E-state index in [-0.39, 0.29) is 0 Å². The molecular weight excluding hydrogens is 268 g/mol. The van der Waals surface area contributed by atoms with Gasteiger partial charge in [0.15, 0.2) is 0 Å². The molecule has 0 atom stereocenters. The lowest BCUT2D eigenvalue weighted by Crippen LogP contribution is -2.18. The van der Waals surface area contributed by atoms with Gasteiger partial charge in [0, 0.05) is 17.8 Å². The molecule has 20 heavy (non-hydrogen) atoms. The molecule has 0 saturated carbocycles. The predicted octanol–water partition coefficient (Wildman–Crippen LogP) is 3.20. The van der Waals surface area contributed by atoms with E-state index in [1.54, 1.807) is 11.3 Å². The molecule has 3 rings (SSSR count). The Bertz CT molecular complexity index is 774. The van der Waals surface area contributed by atoms with Crippen LogP contribution in [0.1, 0.15) is 11.3 Å². The molecule has 3 aromatic rings. The summed E-state index contributed by atoms with van der Waals surface area (Å²) in [5, 5.41) is 12.2. The zero-order valence-corrected chi connectivity index (χ0v) is 11.8. The SMILES string of the molecule is CN(Cc1cscn1)c1cc(C#N)c2ccccc2n1. The van der Waals surface area contributed by atoms with Gasteiger partial charge in [-0.1, -0.05) is 18.2 Å². The third kappa shape index (κ3) is 2.33. The molecule has 0 spiro atoms. The fourth-order valence-corrected chi connectivity index (χ4v) is 2.64. The van der Waals surface area contributed by atoms with Crippen LogP contribution in [0.5, 0.6) is 0 Å². The second-order valence-corrected chi connectivity index (χ2v) is 5.21. The average Bonchev–Trinajstić information content (AvgIpc) is 2.99. The number of pyridine rings is 1. The molecule has 0 saturated heterocycles. The van der Waals surface area contributed by atoms with E-state index in [4.69, 9.17) is 0 Å². The van der Waals surface area contributed by atoms with E-state index < -0.39 is 0 Å². The highest BCUT2D eigenvalue weighted by molar-refractivity contribution is 7.07. The summed E-state index contributed by atoms with van der Waals surface area (Å²) < 4.78 is 0. The molecule has 0 aliphatic rings. The van der Waals surface area contributed by atoms with Crippen LogP contribution in [0, 0.1) is 11.3 Å². The van der Waals surface area contributed by atoms with Crippen molar-refractivity contribution in [2.75, 3.05) is 11.9 Å². The Balaban J connectivity index is 2.01. The number of benzene rings is 1. The molecule has 5 heteroatoms. The molecule has 98 valence electrons. The van der Waals surface area contributed by atoms with Crippen molar-refractivity contribution in [1.82, 2.24) is 9.97 Å². The van der Waals surface area contributed by atoms with Gasteiger partial charge in [-0.05, 0) is 12.1 Å². The third-order valence-electron chi connectivity index (χ3n) is 3.10. The Morgan fingerprint density at radius 1 is 1.35 bits per heavy atom. The maximum atomic E-state index is 9.29. The van der Waals surface area contributed by atoms with Crippen LogP contribution in [0.15, 0.2) is 41.2 Å². The van der Waals surface area contributed by atoms with Crippen LogP contribution in [0.4, 0.5) is 5.82 Å². The number of thiazole rings is 1. The van der Waals surface area contributed by atoms with E-state index in [0.29, 0.717) is 12.1 Å². The molecule has 0 radical (unpaired) electrons. The van der Waals surface area contributed by atoms with Crippen molar-refractivity contribution >= 4 is 28.1 Å². The van der Waals surface area contributed by atoms with Crippen LogP contribution in [0.3, 0.4) is 0 Å². The minimum Gasteiger partial charge on any atom is -0.354 e. The van der Waals surface area contributed by atoms with Crippen molar-refractivity contribution in [3.05, 3.63) is 52.5 Å². The summed E-state index contributed by atoms with van der Waals surface area (Å²) in [6.07, 6.45) is 0. The van der Waals surface area contributed by atoms with Crippen LogP contribution in [0.2, 0.25) is 0 Å². The lowest BCUT2D eigenvalue weighted by molar-refractivity contribution is 0.877. The van der Waals surface area contributed by atoms with Crippen LogP contribution >= 0.6 is 11.3 Å². The van der Waals surface area contributed by atoms with E-state index >= 15 is 0 Å². The lowest BCUT2D eigenvalue weighted by Gasteiger charge is -2.17. The maximum absolute atomic E-state index is 9.29. The largest absolute Gasteiger partial charge is 0.354 e. The molecule has 0 unspecified atom stereocenters.